The fourth-order valence-electron chi connectivity index (χ4n) is 2.74. The largest absolute Gasteiger partial charge is 0.493 e. The van der Waals surface area contributed by atoms with Crippen molar-refractivity contribution in [2.45, 2.75) is 0 Å². The Kier molecular flexibility index (Phi) is 6.29. The van der Waals surface area contributed by atoms with Gasteiger partial charge in [-0.3, -0.25) is 14.5 Å². The van der Waals surface area contributed by atoms with Crippen LogP contribution in [0.15, 0.2) is 72.8 Å². The number of hydrogen-bond donors (Lipinski definition) is 0. The third kappa shape index (κ3) is 4.32. The highest BCUT2D eigenvalue weighted by Gasteiger charge is 2.20. The van der Waals surface area contributed by atoms with E-state index in [9.17, 15) is 9.59 Å². The molecule has 0 saturated carbocycles. The van der Waals surface area contributed by atoms with Gasteiger partial charge in [-0.05, 0) is 36.4 Å². The summed E-state index contributed by atoms with van der Waals surface area (Å²) in [6.45, 7) is -0.264. The molecule has 0 aromatic heterocycles. The molecule has 142 valence electrons. The average molecular weight is 396 g/mol. The van der Waals surface area contributed by atoms with E-state index in [0.717, 1.165) is 11.4 Å². The Labute approximate surface area is 168 Å². The predicted molar refractivity (Wildman–Crippen MR) is 109 cm³/mol. The van der Waals surface area contributed by atoms with Crippen LogP contribution in [0.5, 0.6) is 11.5 Å². The summed E-state index contributed by atoms with van der Waals surface area (Å²) in [7, 11) is 1.44. The van der Waals surface area contributed by atoms with Crippen molar-refractivity contribution in [1.82, 2.24) is 0 Å². The molecule has 0 N–H and O–H groups in total. The molecular weight excluding hydrogens is 378 g/mol. The second kappa shape index (κ2) is 9.06. The summed E-state index contributed by atoms with van der Waals surface area (Å²) in [6, 6.07) is 21.5. The summed E-state index contributed by atoms with van der Waals surface area (Å²) in [6.07, 6.45) is 0.663. The van der Waals surface area contributed by atoms with Gasteiger partial charge in [-0.2, -0.15) is 0 Å². The number of anilines is 2. The standard InChI is InChI=1S/C22H18ClNO4/c1-27-20-13-16(14-25)12-19(23)22(20)28-15-21(26)24(17-8-4-2-5-9-17)18-10-6-3-7-11-18/h2-14H,15H2,1H3. The second-order valence-electron chi connectivity index (χ2n) is 5.84. The van der Waals surface area contributed by atoms with Gasteiger partial charge in [0.15, 0.2) is 18.1 Å². The summed E-state index contributed by atoms with van der Waals surface area (Å²) < 4.78 is 10.9. The van der Waals surface area contributed by atoms with Crippen LogP contribution in [0.1, 0.15) is 10.4 Å². The van der Waals surface area contributed by atoms with Gasteiger partial charge in [-0.15, -0.1) is 0 Å². The molecule has 0 spiro atoms. The van der Waals surface area contributed by atoms with E-state index in [0.29, 0.717) is 11.8 Å². The number of para-hydroxylation sites is 2. The molecule has 0 atom stereocenters. The SMILES string of the molecule is COc1cc(C=O)cc(Cl)c1OCC(=O)N(c1ccccc1)c1ccccc1. The van der Waals surface area contributed by atoms with E-state index < -0.39 is 0 Å². The fraction of sp³-hybridized carbons (Fsp3) is 0.0909. The van der Waals surface area contributed by atoms with Gasteiger partial charge >= 0.3 is 0 Å². The molecule has 0 heterocycles. The first-order chi connectivity index (χ1) is 13.6. The number of aldehydes is 1. The Morgan fingerprint density at radius 2 is 1.57 bits per heavy atom. The molecule has 0 aliphatic carbocycles. The molecule has 5 nitrogen and oxygen atoms in total. The molecule has 0 unspecified atom stereocenters. The molecule has 1 amide bonds. The van der Waals surface area contributed by atoms with E-state index in [1.807, 2.05) is 60.7 Å². The van der Waals surface area contributed by atoms with Crippen LogP contribution in [0.3, 0.4) is 0 Å². The molecule has 3 rings (SSSR count). The highest BCUT2D eigenvalue weighted by molar-refractivity contribution is 6.32. The van der Waals surface area contributed by atoms with E-state index in [2.05, 4.69) is 0 Å². The Morgan fingerprint density at radius 3 is 2.07 bits per heavy atom. The van der Waals surface area contributed by atoms with Crippen LogP contribution < -0.4 is 14.4 Å². The number of rotatable bonds is 7. The van der Waals surface area contributed by atoms with Crippen LogP contribution in [0, 0.1) is 0 Å². The van der Waals surface area contributed by atoms with Gasteiger partial charge in [0.25, 0.3) is 5.91 Å². The lowest BCUT2D eigenvalue weighted by molar-refractivity contribution is -0.119. The minimum Gasteiger partial charge on any atom is -0.493 e. The van der Waals surface area contributed by atoms with Gasteiger partial charge in [-0.1, -0.05) is 48.0 Å². The summed E-state index contributed by atoms with van der Waals surface area (Å²) >= 11 is 6.20. The fourth-order valence-corrected chi connectivity index (χ4v) is 3.01. The van der Waals surface area contributed by atoms with Crippen LogP contribution in [0.4, 0.5) is 11.4 Å². The monoisotopic (exact) mass is 395 g/mol. The van der Waals surface area contributed by atoms with E-state index in [4.69, 9.17) is 21.1 Å². The van der Waals surface area contributed by atoms with Gasteiger partial charge in [0.2, 0.25) is 0 Å². The number of amides is 1. The van der Waals surface area contributed by atoms with E-state index in [-0.39, 0.29) is 29.0 Å². The molecule has 0 fully saturated rings. The normalized spacial score (nSPS) is 10.2. The van der Waals surface area contributed by atoms with Crippen LogP contribution in [0.25, 0.3) is 0 Å². The van der Waals surface area contributed by atoms with Crippen molar-refractivity contribution in [3.8, 4) is 11.5 Å². The first kappa shape index (κ1) is 19.5. The number of benzene rings is 3. The molecule has 3 aromatic rings. The van der Waals surface area contributed by atoms with E-state index >= 15 is 0 Å². The Bertz CT molecular complexity index is 922. The smallest absolute Gasteiger partial charge is 0.269 e. The number of carbonyl (C=O) groups is 2. The number of carbonyl (C=O) groups excluding carboxylic acids is 2. The minimum absolute atomic E-state index is 0.195. The van der Waals surface area contributed by atoms with Crippen molar-refractivity contribution in [3.05, 3.63) is 83.4 Å². The maximum atomic E-state index is 13.0. The molecule has 0 aliphatic heterocycles. The lowest BCUT2D eigenvalue weighted by Gasteiger charge is -2.23. The highest BCUT2D eigenvalue weighted by Crippen LogP contribution is 2.36. The molecule has 0 aliphatic rings. The van der Waals surface area contributed by atoms with Crippen LogP contribution in [-0.4, -0.2) is 25.9 Å². The quantitative estimate of drug-likeness (QED) is 0.533. The van der Waals surface area contributed by atoms with E-state index in [1.165, 1.54) is 19.2 Å². The molecule has 6 heteroatoms. The van der Waals surface area contributed by atoms with Crippen molar-refractivity contribution in [3.63, 3.8) is 0 Å². The van der Waals surface area contributed by atoms with Crippen LogP contribution in [0.2, 0.25) is 5.02 Å². The van der Waals surface area contributed by atoms with Gasteiger partial charge in [0.1, 0.15) is 6.29 Å². The molecule has 28 heavy (non-hydrogen) atoms. The number of ether oxygens (including phenoxy) is 2. The summed E-state index contributed by atoms with van der Waals surface area (Å²) in [5.74, 6) is 0.215. The second-order valence-corrected chi connectivity index (χ2v) is 6.25. The lowest BCUT2D eigenvalue weighted by atomic mass is 10.2. The van der Waals surface area contributed by atoms with Crippen molar-refractivity contribution >= 4 is 35.2 Å². The average Bonchev–Trinajstić information content (AvgIpc) is 2.74. The van der Waals surface area contributed by atoms with Crippen LogP contribution in [-0.2, 0) is 4.79 Å². The molecule has 0 radical (unpaired) electrons. The van der Waals surface area contributed by atoms with Gasteiger partial charge in [0, 0.05) is 16.9 Å². The summed E-state index contributed by atoms with van der Waals surface area (Å²) in [5.41, 5.74) is 1.80. The zero-order valence-electron chi connectivity index (χ0n) is 15.2. The highest BCUT2D eigenvalue weighted by atomic mass is 35.5. The van der Waals surface area contributed by atoms with Crippen molar-refractivity contribution < 1.29 is 19.1 Å². The third-order valence-corrected chi connectivity index (χ3v) is 4.29. The van der Waals surface area contributed by atoms with Crippen molar-refractivity contribution in [2.24, 2.45) is 0 Å². The topological polar surface area (TPSA) is 55.8 Å². The van der Waals surface area contributed by atoms with E-state index in [1.54, 1.807) is 4.90 Å². The maximum Gasteiger partial charge on any atom is 0.269 e. The Morgan fingerprint density at radius 1 is 1.00 bits per heavy atom. The van der Waals surface area contributed by atoms with Gasteiger partial charge in [0.05, 0.1) is 12.1 Å². The Balaban J connectivity index is 1.87. The molecule has 0 bridgehead atoms. The number of halogens is 1. The van der Waals surface area contributed by atoms with Gasteiger partial charge < -0.3 is 9.47 Å². The minimum atomic E-state index is -0.282. The zero-order chi connectivity index (χ0) is 19.9. The number of methoxy groups -OCH3 is 1. The zero-order valence-corrected chi connectivity index (χ0v) is 15.9. The van der Waals surface area contributed by atoms with Gasteiger partial charge in [-0.25, -0.2) is 0 Å². The summed E-state index contributed by atoms with van der Waals surface area (Å²) in [4.78, 5) is 25.6. The molecule has 3 aromatic carbocycles. The predicted octanol–water partition coefficient (Wildman–Crippen LogP) is 4.90. The third-order valence-electron chi connectivity index (χ3n) is 4.01. The first-order valence-electron chi connectivity index (χ1n) is 8.52. The Hall–Kier alpha value is -3.31. The lowest BCUT2D eigenvalue weighted by Crippen LogP contribution is -2.31. The first-order valence-corrected chi connectivity index (χ1v) is 8.90. The maximum absolute atomic E-state index is 13.0. The van der Waals surface area contributed by atoms with Crippen molar-refractivity contribution in [2.75, 3.05) is 18.6 Å². The number of nitrogens with zero attached hydrogens (tertiary/aromatic N) is 1. The summed E-state index contributed by atoms with van der Waals surface area (Å²) in [5, 5.41) is 0.195. The molecular formula is C22H18ClNO4. The van der Waals surface area contributed by atoms with Crippen LogP contribution >= 0.6 is 11.6 Å². The van der Waals surface area contributed by atoms with Crippen molar-refractivity contribution in [1.29, 1.82) is 0 Å². The number of hydrogen-bond acceptors (Lipinski definition) is 4. The molecule has 0 saturated heterocycles.